The van der Waals surface area contributed by atoms with Crippen LogP contribution in [0.15, 0.2) is 18.2 Å². The van der Waals surface area contributed by atoms with E-state index < -0.39 is 5.60 Å². The number of rotatable bonds is 2. The fourth-order valence-corrected chi connectivity index (χ4v) is 2.08. The standard InChI is InChI=1S/C13H18N2O2/c1-13(2,17-3)12(16)15-8-7-9-10(14)5-4-6-11(9)15/h4-6H,7-8,14H2,1-3H3. The van der Waals surface area contributed by atoms with Gasteiger partial charge in [0.15, 0.2) is 0 Å². The lowest BCUT2D eigenvalue weighted by molar-refractivity contribution is -0.136. The predicted molar refractivity (Wildman–Crippen MR) is 68.0 cm³/mol. The first-order valence-corrected chi connectivity index (χ1v) is 5.72. The number of methoxy groups -OCH3 is 1. The Bertz CT molecular complexity index is 455. The molecule has 1 aliphatic heterocycles. The molecule has 0 saturated heterocycles. The molecule has 0 atom stereocenters. The molecule has 92 valence electrons. The minimum atomic E-state index is -0.799. The first-order valence-electron chi connectivity index (χ1n) is 5.72. The summed E-state index contributed by atoms with van der Waals surface area (Å²) in [5, 5.41) is 0. The molecule has 1 aliphatic rings. The van der Waals surface area contributed by atoms with E-state index in [2.05, 4.69) is 0 Å². The van der Waals surface area contributed by atoms with Crippen molar-refractivity contribution < 1.29 is 9.53 Å². The molecule has 0 aromatic heterocycles. The Morgan fingerprint density at radius 1 is 1.47 bits per heavy atom. The molecule has 4 nitrogen and oxygen atoms in total. The fourth-order valence-electron chi connectivity index (χ4n) is 2.08. The van der Waals surface area contributed by atoms with Crippen LogP contribution in [0, 0.1) is 0 Å². The lowest BCUT2D eigenvalue weighted by Gasteiger charge is -2.28. The molecule has 1 amide bonds. The summed E-state index contributed by atoms with van der Waals surface area (Å²) in [6, 6.07) is 5.68. The summed E-state index contributed by atoms with van der Waals surface area (Å²) in [5.41, 5.74) is 7.84. The number of benzene rings is 1. The summed E-state index contributed by atoms with van der Waals surface area (Å²) in [5.74, 6) is -0.0237. The second-order valence-corrected chi connectivity index (χ2v) is 4.77. The second kappa shape index (κ2) is 4.04. The van der Waals surface area contributed by atoms with Gasteiger partial charge in [0, 0.05) is 30.6 Å². The minimum Gasteiger partial charge on any atom is -0.398 e. The Kier molecular flexibility index (Phi) is 2.83. The number of hydrogen-bond acceptors (Lipinski definition) is 3. The molecule has 0 radical (unpaired) electrons. The molecule has 1 aromatic carbocycles. The number of nitrogen functional groups attached to an aromatic ring is 1. The number of fused-ring (bicyclic) bond motifs is 1. The molecule has 2 N–H and O–H groups in total. The van der Waals surface area contributed by atoms with Crippen molar-refractivity contribution in [3.05, 3.63) is 23.8 Å². The van der Waals surface area contributed by atoms with Crippen molar-refractivity contribution in [3.8, 4) is 0 Å². The average molecular weight is 234 g/mol. The highest BCUT2D eigenvalue weighted by Gasteiger charge is 2.36. The average Bonchev–Trinajstić information content (AvgIpc) is 2.73. The van der Waals surface area contributed by atoms with Gasteiger partial charge in [0.1, 0.15) is 5.60 Å². The van der Waals surface area contributed by atoms with E-state index in [4.69, 9.17) is 10.5 Å². The lowest BCUT2D eigenvalue weighted by atomic mass is 10.1. The summed E-state index contributed by atoms with van der Waals surface area (Å²) >= 11 is 0. The third-order valence-electron chi connectivity index (χ3n) is 3.33. The van der Waals surface area contributed by atoms with Gasteiger partial charge in [-0.25, -0.2) is 0 Å². The van der Waals surface area contributed by atoms with Crippen molar-refractivity contribution in [3.63, 3.8) is 0 Å². The third kappa shape index (κ3) is 1.89. The van der Waals surface area contributed by atoms with Crippen molar-refractivity contribution in [1.82, 2.24) is 0 Å². The maximum Gasteiger partial charge on any atom is 0.258 e. The van der Waals surface area contributed by atoms with Gasteiger partial charge >= 0.3 is 0 Å². The zero-order valence-corrected chi connectivity index (χ0v) is 10.5. The molecule has 2 rings (SSSR count). The molecule has 0 unspecified atom stereocenters. The highest BCUT2D eigenvalue weighted by atomic mass is 16.5. The van der Waals surface area contributed by atoms with Crippen LogP contribution in [0.2, 0.25) is 0 Å². The number of ether oxygens (including phenoxy) is 1. The monoisotopic (exact) mass is 234 g/mol. The summed E-state index contributed by atoms with van der Waals surface area (Å²) in [7, 11) is 1.55. The number of nitrogens with zero attached hydrogens (tertiary/aromatic N) is 1. The topological polar surface area (TPSA) is 55.6 Å². The summed E-state index contributed by atoms with van der Waals surface area (Å²) in [6.45, 7) is 4.23. The van der Waals surface area contributed by atoms with Crippen LogP contribution >= 0.6 is 0 Å². The van der Waals surface area contributed by atoms with Crippen molar-refractivity contribution in [1.29, 1.82) is 0 Å². The molecule has 0 spiro atoms. The highest BCUT2D eigenvalue weighted by molar-refractivity contribution is 6.01. The van der Waals surface area contributed by atoms with Gasteiger partial charge in [0.25, 0.3) is 5.91 Å². The molecule has 4 heteroatoms. The van der Waals surface area contributed by atoms with Crippen LogP contribution in [0.4, 0.5) is 11.4 Å². The molecular formula is C13H18N2O2. The Labute approximate surface area is 101 Å². The molecule has 0 fully saturated rings. The quantitative estimate of drug-likeness (QED) is 0.790. The van der Waals surface area contributed by atoms with Gasteiger partial charge in [0.2, 0.25) is 0 Å². The van der Waals surface area contributed by atoms with Crippen molar-refractivity contribution in [2.45, 2.75) is 25.9 Å². The van der Waals surface area contributed by atoms with E-state index in [9.17, 15) is 4.79 Å². The maximum atomic E-state index is 12.3. The van der Waals surface area contributed by atoms with Gasteiger partial charge in [-0.3, -0.25) is 4.79 Å². The fraction of sp³-hybridized carbons (Fsp3) is 0.462. The van der Waals surface area contributed by atoms with E-state index in [1.54, 1.807) is 25.9 Å². The molecular weight excluding hydrogens is 216 g/mol. The van der Waals surface area contributed by atoms with E-state index in [1.165, 1.54) is 0 Å². The Morgan fingerprint density at radius 3 is 2.82 bits per heavy atom. The van der Waals surface area contributed by atoms with E-state index in [-0.39, 0.29) is 5.91 Å². The Morgan fingerprint density at radius 2 is 2.18 bits per heavy atom. The summed E-state index contributed by atoms with van der Waals surface area (Å²) < 4.78 is 5.23. The highest BCUT2D eigenvalue weighted by Crippen LogP contribution is 2.33. The first kappa shape index (κ1) is 11.9. The first-order chi connectivity index (χ1) is 7.97. The van der Waals surface area contributed by atoms with Gasteiger partial charge in [-0.2, -0.15) is 0 Å². The number of carbonyl (C=O) groups excluding carboxylic acids is 1. The normalized spacial score (nSPS) is 14.9. The smallest absolute Gasteiger partial charge is 0.258 e. The minimum absolute atomic E-state index is 0.0237. The molecule has 0 bridgehead atoms. The molecule has 0 saturated carbocycles. The third-order valence-corrected chi connectivity index (χ3v) is 3.33. The van der Waals surface area contributed by atoms with Crippen LogP contribution in [0.1, 0.15) is 19.4 Å². The SMILES string of the molecule is COC(C)(C)C(=O)N1CCc2c(N)cccc21. The van der Waals surface area contributed by atoms with Crippen molar-refractivity contribution in [2.75, 3.05) is 24.3 Å². The number of anilines is 2. The second-order valence-electron chi connectivity index (χ2n) is 4.77. The van der Waals surface area contributed by atoms with Crippen molar-refractivity contribution in [2.24, 2.45) is 0 Å². The van der Waals surface area contributed by atoms with Gasteiger partial charge in [0.05, 0.1) is 0 Å². The zero-order chi connectivity index (χ0) is 12.6. The summed E-state index contributed by atoms with van der Waals surface area (Å²) in [6.07, 6.45) is 0.813. The van der Waals surface area contributed by atoms with E-state index in [0.717, 1.165) is 23.4 Å². The molecule has 1 aromatic rings. The van der Waals surface area contributed by atoms with Crippen LogP contribution in [0.3, 0.4) is 0 Å². The van der Waals surface area contributed by atoms with E-state index in [1.807, 2.05) is 18.2 Å². The van der Waals surface area contributed by atoms with E-state index in [0.29, 0.717) is 6.54 Å². The molecule has 17 heavy (non-hydrogen) atoms. The van der Waals surface area contributed by atoms with Crippen LogP contribution in [-0.4, -0.2) is 25.2 Å². The maximum absolute atomic E-state index is 12.3. The van der Waals surface area contributed by atoms with Gasteiger partial charge in [-0.05, 0) is 32.4 Å². The van der Waals surface area contributed by atoms with Gasteiger partial charge < -0.3 is 15.4 Å². The zero-order valence-electron chi connectivity index (χ0n) is 10.5. The van der Waals surface area contributed by atoms with Crippen LogP contribution in [0.5, 0.6) is 0 Å². The molecule has 0 aliphatic carbocycles. The van der Waals surface area contributed by atoms with E-state index >= 15 is 0 Å². The van der Waals surface area contributed by atoms with Crippen LogP contribution < -0.4 is 10.6 Å². The predicted octanol–water partition coefficient (Wildman–Crippen LogP) is 1.58. The Balaban J connectivity index is 2.35. The number of nitrogens with two attached hydrogens (primary N) is 1. The molecule has 1 heterocycles. The lowest BCUT2D eigenvalue weighted by Crippen LogP contribution is -2.45. The van der Waals surface area contributed by atoms with Gasteiger partial charge in [-0.15, -0.1) is 0 Å². The van der Waals surface area contributed by atoms with Crippen LogP contribution in [-0.2, 0) is 16.0 Å². The number of carbonyl (C=O) groups is 1. The summed E-state index contributed by atoms with van der Waals surface area (Å²) in [4.78, 5) is 14.1. The number of hydrogen-bond donors (Lipinski definition) is 1. The van der Waals surface area contributed by atoms with Crippen LogP contribution in [0.25, 0.3) is 0 Å². The van der Waals surface area contributed by atoms with Crippen molar-refractivity contribution >= 4 is 17.3 Å². The Hall–Kier alpha value is -1.55. The van der Waals surface area contributed by atoms with Gasteiger partial charge in [-0.1, -0.05) is 6.07 Å². The number of amides is 1. The largest absolute Gasteiger partial charge is 0.398 e.